The minimum absolute atomic E-state index is 0.321. The van der Waals surface area contributed by atoms with E-state index in [-0.39, 0.29) is 0 Å². The topological polar surface area (TPSA) is 18.5 Å². The number of nitrogens with one attached hydrogen (secondary N) is 1. The Hall–Kier alpha value is -0.120. The lowest BCUT2D eigenvalue weighted by atomic mass is 9.84. The third-order valence-electron chi connectivity index (χ3n) is 5.67. The Balaban J connectivity index is 1.95. The van der Waals surface area contributed by atoms with Gasteiger partial charge in [0.15, 0.2) is 0 Å². The van der Waals surface area contributed by atoms with Crippen molar-refractivity contribution in [2.24, 2.45) is 11.3 Å². The summed E-state index contributed by atoms with van der Waals surface area (Å²) in [7, 11) is 4.39. The van der Waals surface area contributed by atoms with Gasteiger partial charge in [0, 0.05) is 37.8 Å². The van der Waals surface area contributed by atoms with Crippen LogP contribution in [0.5, 0.6) is 0 Å². The first-order chi connectivity index (χ1) is 8.76. The van der Waals surface area contributed by atoms with Crippen LogP contribution in [0, 0.1) is 11.3 Å². The summed E-state index contributed by atoms with van der Waals surface area (Å²) in [5, 5.41) is 3.59. The van der Waals surface area contributed by atoms with E-state index in [2.05, 4.69) is 56.9 Å². The van der Waals surface area contributed by atoms with Crippen molar-refractivity contribution in [3.8, 4) is 0 Å². The molecule has 0 spiro atoms. The minimum atomic E-state index is 0.321. The lowest BCUT2D eigenvalue weighted by Crippen LogP contribution is -2.59. The van der Waals surface area contributed by atoms with E-state index in [0.29, 0.717) is 17.0 Å². The summed E-state index contributed by atoms with van der Waals surface area (Å²) in [6.07, 6.45) is 2.74. The summed E-state index contributed by atoms with van der Waals surface area (Å²) in [6.45, 7) is 14.5. The van der Waals surface area contributed by atoms with Crippen molar-refractivity contribution < 1.29 is 0 Å². The molecule has 2 fully saturated rings. The monoisotopic (exact) mass is 267 g/mol. The number of nitrogens with zero attached hydrogens (tertiary/aromatic N) is 2. The maximum atomic E-state index is 3.59. The van der Waals surface area contributed by atoms with Gasteiger partial charge in [0.05, 0.1) is 0 Å². The Bertz CT molecular complexity index is 311. The molecular weight excluding hydrogens is 234 g/mol. The van der Waals surface area contributed by atoms with Crippen LogP contribution in [0.4, 0.5) is 0 Å². The first-order valence-electron chi connectivity index (χ1n) is 7.87. The van der Waals surface area contributed by atoms with Gasteiger partial charge < -0.3 is 5.32 Å². The molecule has 2 unspecified atom stereocenters. The molecule has 3 heteroatoms. The second-order valence-corrected chi connectivity index (χ2v) is 8.02. The second kappa shape index (κ2) is 5.34. The number of rotatable bonds is 3. The molecular formula is C16H33N3. The van der Waals surface area contributed by atoms with E-state index in [1.165, 1.54) is 39.0 Å². The fourth-order valence-corrected chi connectivity index (χ4v) is 4.17. The van der Waals surface area contributed by atoms with Crippen molar-refractivity contribution >= 4 is 0 Å². The number of likely N-dealkylation sites (N-methyl/N-ethyl adjacent to an activating group) is 1. The molecule has 1 saturated heterocycles. The van der Waals surface area contributed by atoms with Crippen LogP contribution in [0.2, 0.25) is 0 Å². The van der Waals surface area contributed by atoms with E-state index in [4.69, 9.17) is 0 Å². The standard InChI is InChI=1S/C16H33N3/c1-15(2)8-7-13(14(15)17-5)11-19-10-9-18(6)16(3,4)12-19/h13-14,17H,7-12H2,1-6H3. The van der Waals surface area contributed by atoms with Crippen LogP contribution in [0.1, 0.15) is 40.5 Å². The highest BCUT2D eigenvalue weighted by atomic mass is 15.3. The van der Waals surface area contributed by atoms with Gasteiger partial charge in [0.1, 0.15) is 0 Å². The maximum Gasteiger partial charge on any atom is 0.0277 e. The molecule has 1 heterocycles. The lowest BCUT2D eigenvalue weighted by Gasteiger charge is -2.46. The summed E-state index contributed by atoms with van der Waals surface area (Å²) in [6, 6.07) is 0.676. The van der Waals surface area contributed by atoms with Gasteiger partial charge in [-0.1, -0.05) is 13.8 Å². The first-order valence-corrected chi connectivity index (χ1v) is 7.87. The van der Waals surface area contributed by atoms with Gasteiger partial charge in [0.2, 0.25) is 0 Å². The maximum absolute atomic E-state index is 3.59. The molecule has 112 valence electrons. The van der Waals surface area contributed by atoms with Crippen LogP contribution in [0.25, 0.3) is 0 Å². The van der Waals surface area contributed by atoms with Crippen molar-refractivity contribution in [1.29, 1.82) is 0 Å². The molecule has 0 bridgehead atoms. The van der Waals surface area contributed by atoms with E-state index in [1.807, 2.05) is 0 Å². The van der Waals surface area contributed by atoms with Crippen molar-refractivity contribution in [2.45, 2.75) is 52.1 Å². The van der Waals surface area contributed by atoms with Gasteiger partial charge in [-0.15, -0.1) is 0 Å². The zero-order valence-electron chi connectivity index (χ0n) is 13.8. The van der Waals surface area contributed by atoms with E-state index in [9.17, 15) is 0 Å². The molecule has 1 N–H and O–H groups in total. The highest BCUT2D eigenvalue weighted by Crippen LogP contribution is 2.41. The Morgan fingerprint density at radius 3 is 2.42 bits per heavy atom. The van der Waals surface area contributed by atoms with Crippen LogP contribution in [-0.2, 0) is 0 Å². The Kier molecular flexibility index (Phi) is 4.29. The summed E-state index contributed by atoms with van der Waals surface area (Å²) in [5.41, 5.74) is 0.781. The van der Waals surface area contributed by atoms with E-state index in [1.54, 1.807) is 0 Å². The minimum Gasteiger partial charge on any atom is -0.316 e. The number of hydrogen-bond donors (Lipinski definition) is 1. The molecule has 1 aliphatic heterocycles. The van der Waals surface area contributed by atoms with Crippen LogP contribution in [0.3, 0.4) is 0 Å². The SMILES string of the molecule is CNC1C(CN2CCN(C)C(C)(C)C2)CCC1(C)C. The quantitative estimate of drug-likeness (QED) is 0.844. The summed E-state index contributed by atoms with van der Waals surface area (Å²) in [5.74, 6) is 0.819. The fourth-order valence-electron chi connectivity index (χ4n) is 4.17. The van der Waals surface area contributed by atoms with Crippen molar-refractivity contribution in [3.05, 3.63) is 0 Å². The molecule has 3 nitrogen and oxygen atoms in total. The van der Waals surface area contributed by atoms with Gasteiger partial charge in [-0.3, -0.25) is 9.80 Å². The third kappa shape index (κ3) is 3.14. The first kappa shape index (κ1) is 15.3. The van der Waals surface area contributed by atoms with Crippen LogP contribution in [-0.4, -0.2) is 61.7 Å². The molecule has 2 rings (SSSR count). The molecule has 0 aromatic rings. The van der Waals surface area contributed by atoms with Gasteiger partial charge in [-0.2, -0.15) is 0 Å². The van der Waals surface area contributed by atoms with Crippen LogP contribution in [0.15, 0.2) is 0 Å². The van der Waals surface area contributed by atoms with Crippen LogP contribution < -0.4 is 5.32 Å². The molecule has 0 amide bonds. The molecule has 2 atom stereocenters. The average molecular weight is 267 g/mol. The number of piperazine rings is 1. The normalized spacial score (nSPS) is 35.7. The molecule has 0 aromatic carbocycles. The summed E-state index contributed by atoms with van der Waals surface area (Å²) < 4.78 is 0. The predicted molar refractivity (Wildman–Crippen MR) is 82.5 cm³/mol. The molecule has 1 aliphatic carbocycles. The molecule has 2 aliphatic rings. The fraction of sp³-hybridized carbons (Fsp3) is 1.00. The molecule has 1 saturated carbocycles. The van der Waals surface area contributed by atoms with Crippen molar-refractivity contribution in [1.82, 2.24) is 15.1 Å². The Labute approximate surface area is 119 Å². The highest BCUT2D eigenvalue weighted by Gasteiger charge is 2.42. The van der Waals surface area contributed by atoms with Crippen LogP contribution >= 0.6 is 0 Å². The van der Waals surface area contributed by atoms with E-state index < -0.39 is 0 Å². The number of hydrogen-bond acceptors (Lipinski definition) is 3. The highest BCUT2D eigenvalue weighted by molar-refractivity contribution is 4.98. The zero-order valence-corrected chi connectivity index (χ0v) is 13.8. The smallest absolute Gasteiger partial charge is 0.0277 e. The third-order valence-corrected chi connectivity index (χ3v) is 5.67. The van der Waals surface area contributed by atoms with Gasteiger partial charge >= 0.3 is 0 Å². The molecule has 0 aromatic heterocycles. The Morgan fingerprint density at radius 1 is 1.16 bits per heavy atom. The van der Waals surface area contributed by atoms with Crippen molar-refractivity contribution in [2.75, 3.05) is 40.3 Å². The second-order valence-electron chi connectivity index (χ2n) is 8.02. The van der Waals surface area contributed by atoms with Gasteiger partial charge in [0.25, 0.3) is 0 Å². The van der Waals surface area contributed by atoms with Gasteiger partial charge in [-0.05, 0) is 52.1 Å². The van der Waals surface area contributed by atoms with Crippen molar-refractivity contribution in [3.63, 3.8) is 0 Å². The summed E-state index contributed by atoms with van der Waals surface area (Å²) >= 11 is 0. The molecule has 0 radical (unpaired) electrons. The van der Waals surface area contributed by atoms with E-state index in [0.717, 1.165) is 5.92 Å². The van der Waals surface area contributed by atoms with Gasteiger partial charge in [-0.25, -0.2) is 0 Å². The zero-order chi connectivity index (χ0) is 14.3. The Morgan fingerprint density at radius 2 is 1.84 bits per heavy atom. The predicted octanol–water partition coefficient (Wildman–Crippen LogP) is 2.04. The van der Waals surface area contributed by atoms with E-state index >= 15 is 0 Å². The average Bonchev–Trinajstić information content (AvgIpc) is 2.58. The largest absolute Gasteiger partial charge is 0.316 e. The molecule has 19 heavy (non-hydrogen) atoms. The lowest BCUT2D eigenvalue weighted by molar-refractivity contribution is 0.0290. The summed E-state index contributed by atoms with van der Waals surface area (Å²) in [4.78, 5) is 5.19.